The van der Waals surface area contributed by atoms with Gasteiger partial charge in [0.05, 0.1) is 0 Å². The molecule has 1 saturated heterocycles. The summed E-state index contributed by atoms with van der Waals surface area (Å²) < 4.78 is 0. The summed E-state index contributed by atoms with van der Waals surface area (Å²) in [5.41, 5.74) is 0. The van der Waals surface area contributed by atoms with E-state index in [1.165, 1.54) is 4.90 Å². The third-order valence-corrected chi connectivity index (χ3v) is 2.38. The van der Waals surface area contributed by atoms with E-state index in [2.05, 4.69) is 5.32 Å². The second kappa shape index (κ2) is 4.83. The number of aliphatic carboxylic acids is 1. The quantitative estimate of drug-likeness (QED) is 0.687. The number of likely N-dealkylation sites (tertiary alicyclic amines) is 1. The molecule has 80 valence electrons. The number of piperidine rings is 1. The van der Waals surface area contributed by atoms with E-state index >= 15 is 0 Å². The van der Waals surface area contributed by atoms with Crippen LogP contribution in [0.3, 0.4) is 0 Å². The highest BCUT2D eigenvalue weighted by Crippen LogP contribution is 2.16. The Labute approximate surface area is 83.1 Å². The number of nitrogens with one attached hydrogen (secondary N) is 1. The van der Waals surface area contributed by atoms with E-state index in [9.17, 15) is 9.59 Å². The fraction of sp³-hybridized carbons (Fsp3) is 0.778. The van der Waals surface area contributed by atoms with Gasteiger partial charge < -0.3 is 15.3 Å². The van der Waals surface area contributed by atoms with Gasteiger partial charge in [-0.1, -0.05) is 0 Å². The molecule has 0 unspecified atom stereocenters. The van der Waals surface area contributed by atoms with Crippen LogP contribution >= 0.6 is 0 Å². The number of amides is 2. The van der Waals surface area contributed by atoms with Crippen molar-refractivity contribution in [3.05, 3.63) is 0 Å². The molecule has 2 N–H and O–H groups in total. The van der Waals surface area contributed by atoms with Gasteiger partial charge in [-0.3, -0.25) is 0 Å². The molecule has 2 amide bonds. The predicted octanol–water partition coefficient (Wildman–Crippen LogP) is 0.655. The zero-order valence-electron chi connectivity index (χ0n) is 8.32. The molecule has 5 nitrogen and oxygen atoms in total. The first-order valence-corrected chi connectivity index (χ1v) is 4.94. The number of hydrogen-bond acceptors (Lipinski definition) is 2. The second-order valence-electron chi connectivity index (χ2n) is 3.38. The van der Waals surface area contributed by atoms with Gasteiger partial charge in [-0.25, -0.2) is 9.59 Å². The summed E-state index contributed by atoms with van der Waals surface area (Å²) in [6.07, 6.45) is 2.33. The first-order valence-electron chi connectivity index (χ1n) is 4.94. The lowest BCUT2D eigenvalue weighted by molar-refractivity contribution is -0.143. The molecule has 0 spiro atoms. The second-order valence-corrected chi connectivity index (χ2v) is 3.38. The zero-order valence-corrected chi connectivity index (χ0v) is 8.32. The van der Waals surface area contributed by atoms with Crippen molar-refractivity contribution < 1.29 is 14.7 Å². The van der Waals surface area contributed by atoms with Gasteiger partial charge in [-0.15, -0.1) is 0 Å². The van der Waals surface area contributed by atoms with E-state index in [0.717, 1.165) is 12.8 Å². The third-order valence-electron chi connectivity index (χ3n) is 2.38. The molecule has 0 bridgehead atoms. The van der Waals surface area contributed by atoms with Crippen molar-refractivity contribution in [1.82, 2.24) is 10.2 Å². The Morgan fingerprint density at radius 3 is 2.79 bits per heavy atom. The fourth-order valence-corrected chi connectivity index (χ4v) is 1.68. The lowest BCUT2D eigenvalue weighted by Gasteiger charge is -2.32. The molecule has 1 atom stereocenters. The summed E-state index contributed by atoms with van der Waals surface area (Å²) in [6, 6.07) is -0.908. The standard InChI is InChI=1S/C9H16N2O3/c1-2-10-9(14)11-6-4-3-5-7(11)8(12)13/h7H,2-6H2,1H3,(H,10,14)(H,12,13)/t7-/m0/s1. The molecule has 0 radical (unpaired) electrons. The number of hydrogen-bond donors (Lipinski definition) is 2. The maximum atomic E-state index is 11.5. The van der Waals surface area contributed by atoms with E-state index in [-0.39, 0.29) is 6.03 Å². The summed E-state index contributed by atoms with van der Waals surface area (Å²) in [5.74, 6) is -0.907. The van der Waals surface area contributed by atoms with Crippen LogP contribution in [0.5, 0.6) is 0 Å². The van der Waals surface area contributed by atoms with Crippen LogP contribution < -0.4 is 5.32 Å². The highest BCUT2D eigenvalue weighted by molar-refractivity contribution is 5.82. The van der Waals surface area contributed by atoms with E-state index in [1.807, 2.05) is 6.92 Å². The van der Waals surface area contributed by atoms with E-state index < -0.39 is 12.0 Å². The van der Waals surface area contributed by atoms with Crippen molar-refractivity contribution in [2.45, 2.75) is 32.2 Å². The van der Waals surface area contributed by atoms with Crippen LogP contribution in [0.4, 0.5) is 4.79 Å². The van der Waals surface area contributed by atoms with Crippen molar-refractivity contribution in [1.29, 1.82) is 0 Å². The Morgan fingerprint density at radius 2 is 2.21 bits per heavy atom. The van der Waals surface area contributed by atoms with Gasteiger partial charge in [0, 0.05) is 13.1 Å². The molecule has 0 aromatic rings. The molecule has 0 aliphatic carbocycles. The molecule has 0 aromatic carbocycles. The summed E-state index contributed by atoms with van der Waals surface area (Å²) in [7, 11) is 0. The zero-order chi connectivity index (χ0) is 10.6. The number of carbonyl (C=O) groups is 2. The first-order chi connectivity index (χ1) is 6.66. The molecule has 1 heterocycles. The van der Waals surface area contributed by atoms with Gasteiger partial charge in [0.1, 0.15) is 6.04 Å². The molecule has 0 aromatic heterocycles. The molecule has 14 heavy (non-hydrogen) atoms. The molecule has 1 aliphatic heterocycles. The molecule has 5 heteroatoms. The minimum absolute atomic E-state index is 0.264. The van der Waals surface area contributed by atoms with Gasteiger partial charge in [0.2, 0.25) is 0 Å². The number of carboxylic acids is 1. The van der Waals surface area contributed by atoms with Gasteiger partial charge in [0.25, 0.3) is 0 Å². The maximum absolute atomic E-state index is 11.5. The van der Waals surface area contributed by atoms with Gasteiger partial charge in [-0.05, 0) is 26.2 Å². The number of carbonyl (C=O) groups excluding carboxylic acids is 1. The van der Waals surface area contributed by atoms with Gasteiger partial charge in [0.15, 0.2) is 0 Å². The minimum Gasteiger partial charge on any atom is -0.480 e. The Balaban J connectivity index is 2.62. The van der Waals surface area contributed by atoms with E-state index in [1.54, 1.807) is 0 Å². The lowest BCUT2D eigenvalue weighted by atomic mass is 10.0. The Bertz CT molecular complexity index is 230. The molecule has 1 aliphatic rings. The summed E-state index contributed by atoms with van der Waals surface area (Å²) >= 11 is 0. The van der Waals surface area contributed by atoms with Crippen LogP contribution in [0, 0.1) is 0 Å². The average Bonchev–Trinajstić information content (AvgIpc) is 2.18. The van der Waals surface area contributed by atoms with Crippen LogP contribution in [0.1, 0.15) is 26.2 Å². The Morgan fingerprint density at radius 1 is 1.50 bits per heavy atom. The van der Waals surface area contributed by atoms with E-state index in [4.69, 9.17) is 5.11 Å². The van der Waals surface area contributed by atoms with Crippen molar-refractivity contribution in [2.24, 2.45) is 0 Å². The Hall–Kier alpha value is -1.26. The summed E-state index contributed by atoms with van der Waals surface area (Å²) in [6.45, 7) is 2.89. The van der Waals surface area contributed by atoms with E-state index in [0.29, 0.717) is 19.5 Å². The lowest BCUT2D eigenvalue weighted by Crippen LogP contribution is -2.51. The topological polar surface area (TPSA) is 69.6 Å². The van der Waals surface area contributed by atoms with Crippen molar-refractivity contribution in [2.75, 3.05) is 13.1 Å². The summed E-state index contributed by atoms with van der Waals surface area (Å²) in [4.78, 5) is 23.7. The monoisotopic (exact) mass is 200 g/mol. The van der Waals surface area contributed by atoms with Crippen molar-refractivity contribution >= 4 is 12.0 Å². The molecular formula is C9H16N2O3. The largest absolute Gasteiger partial charge is 0.480 e. The fourth-order valence-electron chi connectivity index (χ4n) is 1.68. The van der Waals surface area contributed by atoms with Gasteiger partial charge >= 0.3 is 12.0 Å². The summed E-state index contributed by atoms with van der Waals surface area (Å²) in [5, 5.41) is 11.5. The van der Waals surface area contributed by atoms with Crippen molar-refractivity contribution in [3.63, 3.8) is 0 Å². The van der Waals surface area contributed by atoms with Crippen LogP contribution in [-0.4, -0.2) is 41.1 Å². The number of nitrogens with zero attached hydrogens (tertiary/aromatic N) is 1. The predicted molar refractivity (Wildman–Crippen MR) is 51.1 cm³/mol. The Kier molecular flexibility index (Phi) is 3.73. The number of carboxylic acid groups (broad SMARTS) is 1. The smallest absolute Gasteiger partial charge is 0.326 e. The molecule has 1 rings (SSSR count). The minimum atomic E-state index is -0.907. The molecule has 1 fully saturated rings. The van der Waals surface area contributed by atoms with Crippen LogP contribution in [0.2, 0.25) is 0 Å². The number of urea groups is 1. The molecular weight excluding hydrogens is 184 g/mol. The van der Waals surface area contributed by atoms with Crippen LogP contribution in [0.25, 0.3) is 0 Å². The van der Waals surface area contributed by atoms with Gasteiger partial charge in [-0.2, -0.15) is 0 Å². The first kappa shape index (κ1) is 10.8. The SMILES string of the molecule is CCNC(=O)N1CCCC[C@H]1C(=O)O. The maximum Gasteiger partial charge on any atom is 0.326 e. The van der Waals surface area contributed by atoms with Crippen molar-refractivity contribution in [3.8, 4) is 0 Å². The average molecular weight is 200 g/mol. The highest BCUT2D eigenvalue weighted by atomic mass is 16.4. The third kappa shape index (κ3) is 2.37. The normalized spacial score (nSPS) is 21.8. The van der Waals surface area contributed by atoms with Crippen LogP contribution in [-0.2, 0) is 4.79 Å². The highest BCUT2D eigenvalue weighted by Gasteiger charge is 2.31. The number of rotatable bonds is 2. The van der Waals surface area contributed by atoms with Crippen LogP contribution in [0.15, 0.2) is 0 Å². The molecule has 0 saturated carbocycles.